The van der Waals surface area contributed by atoms with Crippen LogP contribution in [0.1, 0.15) is 35.0 Å². The molecule has 2 amide bonds. The Labute approximate surface area is 160 Å². The van der Waals surface area contributed by atoms with E-state index in [1.54, 1.807) is 19.2 Å². The van der Waals surface area contributed by atoms with Crippen molar-refractivity contribution in [1.29, 1.82) is 0 Å². The Bertz CT molecular complexity index is 773. The average molecular weight is 369 g/mol. The number of carbonyl (C=O) groups is 2. The smallest absolute Gasteiger partial charge is 0.289 e. The number of carbonyl (C=O) groups excluding carboxylic acids is 2. The zero-order chi connectivity index (χ0) is 19.2. The minimum Gasteiger partial charge on any atom is -0.459 e. The van der Waals surface area contributed by atoms with Gasteiger partial charge in [0.1, 0.15) is 0 Å². The number of likely N-dealkylation sites (N-methyl/N-ethyl adjacent to an activating group) is 1. The largest absolute Gasteiger partial charge is 0.459 e. The van der Waals surface area contributed by atoms with Crippen LogP contribution in [0.25, 0.3) is 0 Å². The fourth-order valence-corrected chi connectivity index (χ4v) is 3.52. The number of hydrogen-bond donors (Lipinski definition) is 1. The van der Waals surface area contributed by atoms with Gasteiger partial charge in [-0.3, -0.25) is 14.5 Å². The van der Waals surface area contributed by atoms with Crippen LogP contribution in [-0.4, -0.2) is 54.3 Å². The first kappa shape index (κ1) is 19.2. The van der Waals surface area contributed by atoms with E-state index in [1.807, 2.05) is 0 Å². The number of rotatable bonds is 7. The van der Waals surface area contributed by atoms with Crippen LogP contribution in [0.3, 0.4) is 0 Å². The number of nitrogens with zero attached hydrogens (tertiary/aromatic N) is 2. The Balaban J connectivity index is 1.49. The summed E-state index contributed by atoms with van der Waals surface area (Å²) >= 11 is 0. The lowest BCUT2D eigenvalue weighted by Crippen LogP contribution is -2.47. The summed E-state index contributed by atoms with van der Waals surface area (Å²) < 4.78 is 5.09. The molecule has 0 spiro atoms. The van der Waals surface area contributed by atoms with Gasteiger partial charge < -0.3 is 14.6 Å². The molecule has 2 heterocycles. The van der Waals surface area contributed by atoms with Gasteiger partial charge in [0.15, 0.2) is 5.76 Å². The van der Waals surface area contributed by atoms with E-state index in [2.05, 4.69) is 41.4 Å². The quantitative estimate of drug-likeness (QED) is 0.813. The Morgan fingerprint density at radius 1 is 1.22 bits per heavy atom. The van der Waals surface area contributed by atoms with Gasteiger partial charge in [-0.05, 0) is 36.1 Å². The summed E-state index contributed by atoms with van der Waals surface area (Å²) in [5, 5.41) is 2.98. The highest BCUT2D eigenvalue weighted by Gasteiger charge is 2.23. The first-order valence-corrected chi connectivity index (χ1v) is 9.45. The molecule has 27 heavy (non-hydrogen) atoms. The van der Waals surface area contributed by atoms with Crippen molar-refractivity contribution in [1.82, 2.24) is 15.1 Å². The van der Waals surface area contributed by atoms with Gasteiger partial charge in [-0.2, -0.15) is 0 Å². The van der Waals surface area contributed by atoms with E-state index in [9.17, 15) is 9.59 Å². The van der Waals surface area contributed by atoms with Crippen molar-refractivity contribution in [2.45, 2.75) is 32.4 Å². The number of hydrogen-bond acceptors (Lipinski definition) is 4. The van der Waals surface area contributed by atoms with E-state index >= 15 is 0 Å². The van der Waals surface area contributed by atoms with E-state index in [-0.39, 0.29) is 30.2 Å². The standard InChI is InChI=1S/C21H27N3O3/c1-3-18(24-11-10-16-7-4-5-8-17(16)14-24)13-22-20(25)15-23(2)21(26)19-9-6-12-27-19/h4-9,12,18H,3,10-11,13-15H2,1-2H3,(H,22,25)/t18-/m0/s1. The Kier molecular flexibility index (Phi) is 6.29. The van der Waals surface area contributed by atoms with E-state index in [0.29, 0.717) is 6.54 Å². The van der Waals surface area contributed by atoms with Gasteiger partial charge in [0, 0.05) is 32.7 Å². The maximum Gasteiger partial charge on any atom is 0.289 e. The second kappa shape index (κ2) is 8.86. The van der Waals surface area contributed by atoms with Crippen LogP contribution in [0.2, 0.25) is 0 Å². The molecule has 1 aromatic carbocycles. The van der Waals surface area contributed by atoms with Crippen LogP contribution in [0.5, 0.6) is 0 Å². The number of fused-ring (bicyclic) bond motifs is 1. The van der Waals surface area contributed by atoms with Crippen molar-refractivity contribution in [2.75, 3.05) is 26.7 Å². The SMILES string of the molecule is CC[C@@H](CNC(=O)CN(C)C(=O)c1ccco1)N1CCc2ccccc2C1. The van der Waals surface area contributed by atoms with E-state index < -0.39 is 0 Å². The van der Waals surface area contributed by atoms with Crippen LogP contribution in [-0.2, 0) is 17.8 Å². The molecule has 0 fully saturated rings. The molecule has 1 aliphatic heterocycles. The van der Waals surface area contributed by atoms with Crippen molar-refractivity contribution in [3.63, 3.8) is 0 Å². The highest BCUT2D eigenvalue weighted by molar-refractivity contribution is 5.94. The van der Waals surface area contributed by atoms with Crippen LogP contribution < -0.4 is 5.32 Å². The molecule has 0 aliphatic carbocycles. The summed E-state index contributed by atoms with van der Waals surface area (Å²) in [5.74, 6) is -0.216. The molecule has 3 rings (SSSR count). The minimum absolute atomic E-state index is 0.0127. The van der Waals surface area contributed by atoms with Gasteiger partial charge >= 0.3 is 0 Å². The van der Waals surface area contributed by atoms with Crippen molar-refractivity contribution >= 4 is 11.8 Å². The lowest BCUT2D eigenvalue weighted by Gasteiger charge is -2.35. The average Bonchev–Trinajstić information content (AvgIpc) is 3.22. The molecular weight excluding hydrogens is 342 g/mol. The van der Waals surface area contributed by atoms with E-state index in [4.69, 9.17) is 4.42 Å². The molecule has 6 heteroatoms. The maximum absolute atomic E-state index is 12.3. The molecule has 1 aliphatic rings. The van der Waals surface area contributed by atoms with Crippen LogP contribution in [0, 0.1) is 0 Å². The zero-order valence-electron chi connectivity index (χ0n) is 16.0. The summed E-state index contributed by atoms with van der Waals surface area (Å²) in [6.07, 6.45) is 3.45. The minimum atomic E-state index is -0.296. The third-order valence-electron chi connectivity index (χ3n) is 5.14. The topological polar surface area (TPSA) is 65.8 Å². The van der Waals surface area contributed by atoms with Gasteiger partial charge in [-0.25, -0.2) is 0 Å². The number of furan rings is 1. The predicted molar refractivity (Wildman–Crippen MR) is 103 cm³/mol. The lowest BCUT2D eigenvalue weighted by atomic mass is 9.98. The number of amides is 2. The molecule has 2 aromatic rings. The third-order valence-corrected chi connectivity index (χ3v) is 5.14. The van der Waals surface area contributed by atoms with Gasteiger partial charge in [-0.1, -0.05) is 31.2 Å². The van der Waals surface area contributed by atoms with Gasteiger partial charge in [0.05, 0.1) is 12.8 Å². The Morgan fingerprint density at radius 3 is 2.70 bits per heavy atom. The fourth-order valence-electron chi connectivity index (χ4n) is 3.52. The summed E-state index contributed by atoms with van der Waals surface area (Å²) in [6.45, 7) is 4.66. The molecule has 6 nitrogen and oxygen atoms in total. The number of benzene rings is 1. The number of nitrogens with one attached hydrogen (secondary N) is 1. The third kappa shape index (κ3) is 4.77. The molecule has 0 unspecified atom stereocenters. The van der Waals surface area contributed by atoms with E-state index in [1.165, 1.54) is 22.3 Å². The second-order valence-electron chi connectivity index (χ2n) is 6.99. The molecule has 1 N–H and O–H groups in total. The highest BCUT2D eigenvalue weighted by atomic mass is 16.3. The Hall–Kier alpha value is -2.60. The van der Waals surface area contributed by atoms with Crippen LogP contribution >= 0.6 is 0 Å². The van der Waals surface area contributed by atoms with Gasteiger partial charge in [-0.15, -0.1) is 0 Å². The normalized spacial score (nSPS) is 15.0. The van der Waals surface area contributed by atoms with Crippen molar-refractivity contribution < 1.29 is 14.0 Å². The summed E-state index contributed by atoms with van der Waals surface area (Å²) in [6, 6.07) is 12.1. The molecule has 0 saturated carbocycles. The summed E-state index contributed by atoms with van der Waals surface area (Å²) in [4.78, 5) is 28.2. The van der Waals surface area contributed by atoms with Gasteiger partial charge in [0.25, 0.3) is 5.91 Å². The molecular formula is C21H27N3O3. The van der Waals surface area contributed by atoms with Crippen molar-refractivity contribution in [3.05, 3.63) is 59.5 Å². The molecule has 144 valence electrons. The summed E-state index contributed by atoms with van der Waals surface area (Å²) in [5.41, 5.74) is 2.79. The monoisotopic (exact) mass is 369 g/mol. The predicted octanol–water partition coefficient (Wildman–Crippen LogP) is 2.30. The van der Waals surface area contributed by atoms with Crippen molar-refractivity contribution in [2.24, 2.45) is 0 Å². The second-order valence-corrected chi connectivity index (χ2v) is 6.99. The fraction of sp³-hybridized carbons (Fsp3) is 0.429. The van der Waals surface area contributed by atoms with E-state index in [0.717, 1.165) is 25.9 Å². The first-order chi connectivity index (χ1) is 13.1. The van der Waals surface area contributed by atoms with Crippen LogP contribution in [0.4, 0.5) is 0 Å². The molecule has 0 radical (unpaired) electrons. The highest BCUT2D eigenvalue weighted by Crippen LogP contribution is 2.21. The van der Waals surface area contributed by atoms with Gasteiger partial charge in [0.2, 0.25) is 5.91 Å². The first-order valence-electron chi connectivity index (χ1n) is 9.45. The Morgan fingerprint density at radius 2 is 2.00 bits per heavy atom. The molecule has 1 aromatic heterocycles. The lowest BCUT2D eigenvalue weighted by molar-refractivity contribution is -0.121. The molecule has 0 bridgehead atoms. The maximum atomic E-state index is 12.3. The summed E-state index contributed by atoms with van der Waals surface area (Å²) in [7, 11) is 1.60. The molecule has 1 atom stereocenters. The zero-order valence-corrected chi connectivity index (χ0v) is 16.0. The molecule has 0 saturated heterocycles. The van der Waals surface area contributed by atoms with Crippen molar-refractivity contribution in [3.8, 4) is 0 Å². The van der Waals surface area contributed by atoms with Crippen LogP contribution in [0.15, 0.2) is 47.1 Å².